The first-order valence-electron chi connectivity index (χ1n) is 8.65. The Morgan fingerprint density at radius 3 is 2.16 bits per heavy atom. The van der Waals surface area contributed by atoms with Crippen molar-refractivity contribution >= 4 is 12.4 Å². The molecule has 3 N–H and O–H groups in total. The van der Waals surface area contributed by atoms with E-state index in [2.05, 4.69) is 19.1 Å². The average Bonchev–Trinajstić information content (AvgIpc) is 2.59. The Kier molecular flexibility index (Phi) is 8.43. The molecule has 0 fully saturated rings. The summed E-state index contributed by atoms with van der Waals surface area (Å²) in [7, 11) is 0. The van der Waals surface area contributed by atoms with E-state index in [9.17, 15) is 5.11 Å². The zero-order valence-electron chi connectivity index (χ0n) is 15.5. The normalized spacial score (nSPS) is 14.3. The second kappa shape index (κ2) is 9.81. The molecule has 0 aromatic heterocycles. The smallest absolute Gasteiger partial charge is 0.125 e. The van der Waals surface area contributed by atoms with Crippen molar-refractivity contribution in [3.8, 4) is 5.75 Å². The van der Waals surface area contributed by atoms with Crippen molar-refractivity contribution in [2.45, 2.75) is 52.9 Å². The number of benzene rings is 2. The van der Waals surface area contributed by atoms with E-state index in [-0.39, 0.29) is 24.4 Å². The van der Waals surface area contributed by atoms with Crippen LogP contribution >= 0.6 is 12.4 Å². The minimum Gasteiger partial charge on any atom is -0.488 e. The lowest BCUT2D eigenvalue weighted by Crippen LogP contribution is -2.31. The van der Waals surface area contributed by atoms with Crippen molar-refractivity contribution in [1.29, 1.82) is 0 Å². The number of hydrogen-bond acceptors (Lipinski definition) is 3. The van der Waals surface area contributed by atoms with Crippen LogP contribution in [0.4, 0.5) is 0 Å². The fourth-order valence-corrected chi connectivity index (χ4v) is 2.93. The number of ether oxygens (including phenoxy) is 1. The van der Waals surface area contributed by atoms with E-state index in [4.69, 9.17) is 10.5 Å². The molecule has 2 aromatic carbocycles. The molecule has 4 heteroatoms. The first kappa shape index (κ1) is 21.5. The molecule has 3 nitrogen and oxygen atoms in total. The van der Waals surface area contributed by atoms with E-state index in [0.717, 1.165) is 34.4 Å². The molecule has 0 heterocycles. The molecule has 3 atom stereocenters. The van der Waals surface area contributed by atoms with Crippen LogP contribution in [0.25, 0.3) is 0 Å². The Morgan fingerprint density at radius 1 is 1.08 bits per heavy atom. The Labute approximate surface area is 157 Å². The number of aliphatic hydroxyl groups excluding tert-OH is 1. The molecule has 0 aliphatic heterocycles. The van der Waals surface area contributed by atoms with E-state index < -0.39 is 6.10 Å². The molecule has 0 saturated heterocycles. The van der Waals surface area contributed by atoms with Crippen molar-refractivity contribution in [2.75, 3.05) is 0 Å². The highest BCUT2D eigenvalue weighted by Gasteiger charge is 2.23. The summed E-state index contributed by atoms with van der Waals surface area (Å²) >= 11 is 0. The highest BCUT2D eigenvalue weighted by Crippen LogP contribution is 2.30. The maximum Gasteiger partial charge on any atom is 0.125 e. The van der Waals surface area contributed by atoms with Crippen LogP contribution in [0.5, 0.6) is 5.75 Å². The molecule has 138 valence electrons. The van der Waals surface area contributed by atoms with Gasteiger partial charge < -0.3 is 15.6 Å². The zero-order chi connectivity index (χ0) is 17.7. The largest absolute Gasteiger partial charge is 0.488 e. The molecule has 0 bridgehead atoms. The van der Waals surface area contributed by atoms with Crippen molar-refractivity contribution < 1.29 is 9.84 Å². The molecule has 2 rings (SSSR count). The van der Waals surface area contributed by atoms with Gasteiger partial charge in [0.05, 0.1) is 12.1 Å². The van der Waals surface area contributed by atoms with E-state index in [0.29, 0.717) is 6.61 Å². The third-order valence-electron chi connectivity index (χ3n) is 4.69. The number of hydrogen-bond donors (Lipinski definition) is 2. The van der Waals surface area contributed by atoms with Crippen LogP contribution in [0.15, 0.2) is 42.5 Å². The number of nitrogens with two attached hydrogens (primary N) is 1. The molecule has 2 aromatic rings. The van der Waals surface area contributed by atoms with Crippen LogP contribution in [0.3, 0.4) is 0 Å². The third kappa shape index (κ3) is 5.46. The Hall–Kier alpha value is -1.55. The summed E-state index contributed by atoms with van der Waals surface area (Å²) in [4.78, 5) is 0. The van der Waals surface area contributed by atoms with Gasteiger partial charge in [-0.15, -0.1) is 12.4 Å². The molecule has 0 saturated carbocycles. The van der Waals surface area contributed by atoms with Crippen LogP contribution in [0.2, 0.25) is 0 Å². The summed E-state index contributed by atoms with van der Waals surface area (Å²) in [5, 5.41) is 10.4. The lowest BCUT2D eigenvalue weighted by atomic mass is 9.90. The highest BCUT2D eigenvalue weighted by atomic mass is 35.5. The molecule has 0 aliphatic rings. The van der Waals surface area contributed by atoms with Gasteiger partial charge in [-0.3, -0.25) is 0 Å². The van der Waals surface area contributed by atoms with Crippen molar-refractivity contribution in [3.63, 3.8) is 0 Å². The van der Waals surface area contributed by atoms with Gasteiger partial charge in [0.25, 0.3) is 0 Å². The van der Waals surface area contributed by atoms with Crippen LogP contribution < -0.4 is 10.5 Å². The molecule has 0 aliphatic carbocycles. The van der Waals surface area contributed by atoms with Gasteiger partial charge in [0.1, 0.15) is 12.4 Å². The first-order valence-corrected chi connectivity index (χ1v) is 8.65. The summed E-state index contributed by atoms with van der Waals surface area (Å²) in [5.41, 5.74) is 10.5. The Morgan fingerprint density at radius 2 is 1.64 bits per heavy atom. The molecular formula is C21H30ClNO2. The lowest BCUT2D eigenvalue weighted by Gasteiger charge is -2.25. The van der Waals surface area contributed by atoms with Gasteiger partial charge >= 0.3 is 0 Å². The van der Waals surface area contributed by atoms with Gasteiger partial charge in [0.15, 0.2) is 0 Å². The molecular weight excluding hydrogens is 334 g/mol. The maximum atomic E-state index is 10.4. The van der Waals surface area contributed by atoms with E-state index in [1.165, 1.54) is 0 Å². The van der Waals surface area contributed by atoms with Crippen LogP contribution in [0.1, 0.15) is 48.6 Å². The van der Waals surface area contributed by atoms with Crippen molar-refractivity contribution in [3.05, 3.63) is 64.7 Å². The maximum absolute atomic E-state index is 10.4. The summed E-state index contributed by atoms with van der Waals surface area (Å²) < 4.78 is 6.01. The van der Waals surface area contributed by atoms with Crippen LogP contribution in [-0.2, 0) is 6.61 Å². The van der Waals surface area contributed by atoms with Gasteiger partial charge in [-0.05, 0) is 42.0 Å². The van der Waals surface area contributed by atoms with Gasteiger partial charge in [-0.25, -0.2) is 0 Å². The molecule has 0 spiro atoms. The fraction of sp³-hybridized carbons (Fsp3) is 0.429. The number of rotatable bonds is 7. The molecule has 0 radical (unpaired) electrons. The lowest BCUT2D eigenvalue weighted by molar-refractivity contribution is 0.0879. The molecule has 0 amide bonds. The van der Waals surface area contributed by atoms with E-state index in [1.54, 1.807) is 0 Å². The van der Waals surface area contributed by atoms with Crippen molar-refractivity contribution in [1.82, 2.24) is 0 Å². The summed E-state index contributed by atoms with van der Waals surface area (Å²) in [6.07, 6.45) is 0.371. The number of aryl methyl sites for hydroxylation is 2. The summed E-state index contributed by atoms with van der Waals surface area (Å²) in [5.74, 6) is 1.07. The monoisotopic (exact) mass is 363 g/mol. The van der Waals surface area contributed by atoms with Gasteiger partial charge in [0.2, 0.25) is 0 Å². The highest BCUT2D eigenvalue weighted by molar-refractivity contribution is 5.85. The SMILES string of the molecule is CCC(C)[C@H](O)[C@H](N)c1cc(C)c(OCc2ccccc2)c(C)c1.Cl. The first-order chi connectivity index (χ1) is 11.4. The Bertz CT molecular complexity index is 637. The third-order valence-corrected chi connectivity index (χ3v) is 4.69. The number of halogens is 1. The van der Waals surface area contributed by atoms with E-state index >= 15 is 0 Å². The average molecular weight is 364 g/mol. The minimum absolute atomic E-state index is 0. The Balaban J connectivity index is 0.00000312. The molecule has 25 heavy (non-hydrogen) atoms. The second-order valence-electron chi connectivity index (χ2n) is 6.66. The van der Waals surface area contributed by atoms with Crippen LogP contribution in [-0.4, -0.2) is 11.2 Å². The van der Waals surface area contributed by atoms with Gasteiger partial charge in [0, 0.05) is 0 Å². The predicted octanol–water partition coefficient (Wildman–Crippen LogP) is 4.71. The zero-order valence-corrected chi connectivity index (χ0v) is 16.3. The summed E-state index contributed by atoms with van der Waals surface area (Å²) in [6, 6.07) is 13.8. The number of aliphatic hydroxyl groups is 1. The molecule has 1 unspecified atom stereocenters. The second-order valence-corrected chi connectivity index (χ2v) is 6.66. The van der Waals surface area contributed by atoms with E-state index in [1.807, 2.05) is 51.1 Å². The van der Waals surface area contributed by atoms with Gasteiger partial charge in [-0.1, -0.05) is 62.7 Å². The summed E-state index contributed by atoms with van der Waals surface area (Å²) in [6.45, 7) is 8.70. The minimum atomic E-state index is -0.537. The quantitative estimate of drug-likeness (QED) is 0.748. The van der Waals surface area contributed by atoms with Crippen molar-refractivity contribution in [2.24, 2.45) is 11.7 Å². The topological polar surface area (TPSA) is 55.5 Å². The fourth-order valence-electron chi connectivity index (χ4n) is 2.93. The predicted molar refractivity (Wildman–Crippen MR) is 106 cm³/mol. The standard InChI is InChI=1S/C21H29NO2.ClH/c1-5-14(2)20(23)19(22)18-11-15(3)21(16(4)12-18)24-13-17-9-7-6-8-10-17;/h6-12,14,19-20,23H,5,13,22H2,1-4H3;1H/t14?,19-,20+;/m1./s1. The van der Waals surface area contributed by atoms with Crippen LogP contribution in [0, 0.1) is 19.8 Å². The van der Waals surface area contributed by atoms with Gasteiger partial charge in [-0.2, -0.15) is 0 Å².